The highest BCUT2D eigenvalue weighted by atomic mass is 35.5. The van der Waals surface area contributed by atoms with Crippen LogP contribution in [-0.2, 0) is 9.59 Å². The van der Waals surface area contributed by atoms with Gasteiger partial charge in [0.15, 0.2) is 11.5 Å². The molecule has 0 aromatic heterocycles. The molecule has 37 heavy (non-hydrogen) atoms. The van der Waals surface area contributed by atoms with Gasteiger partial charge >= 0.3 is 0 Å². The van der Waals surface area contributed by atoms with Crippen LogP contribution in [0.2, 0.25) is 10.0 Å². The fourth-order valence-corrected chi connectivity index (χ4v) is 5.14. The molecule has 1 saturated heterocycles. The molecule has 1 unspecified atom stereocenters. The van der Waals surface area contributed by atoms with Crippen molar-refractivity contribution in [2.24, 2.45) is 0 Å². The third-order valence-electron chi connectivity index (χ3n) is 6.29. The summed E-state index contributed by atoms with van der Waals surface area (Å²) < 4.78 is 16.0. The molecule has 1 amide bonds. The van der Waals surface area contributed by atoms with E-state index in [0.717, 1.165) is 11.1 Å². The van der Waals surface area contributed by atoms with E-state index in [0.29, 0.717) is 17.0 Å². The lowest BCUT2D eigenvalue weighted by molar-refractivity contribution is -0.132. The molecule has 7 nitrogen and oxygen atoms in total. The summed E-state index contributed by atoms with van der Waals surface area (Å²) in [5, 5.41) is 11.7. The molecule has 1 aliphatic heterocycles. The maximum absolute atomic E-state index is 13.5. The van der Waals surface area contributed by atoms with Crippen LogP contribution in [0.1, 0.15) is 28.3 Å². The van der Waals surface area contributed by atoms with Crippen LogP contribution < -0.4 is 19.1 Å². The van der Waals surface area contributed by atoms with E-state index in [2.05, 4.69) is 0 Å². The summed E-state index contributed by atoms with van der Waals surface area (Å²) >= 11 is 12.8. The van der Waals surface area contributed by atoms with E-state index in [4.69, 9.17) is 37.4 Å². The topological polar surface area (TPSA) is 85.3 Å². The fraction of sp³-hybridized carbons (Fsp3) is 0.214. The Labute approximate surface area is 224 Å². The van der Waals surface area contributed by atoms with Crippen LogP contribution in [0.3, 0.4) is 0 Å². The summed E-state index contributed by atoms with van der Waals surface area (Å²) in [6, 6.07) is 13.0. The number of benzene rings is 3. The minimum absolute atomic E-state index is 0.0174. The molecule has 0 saturated carbocycles. The highest BCUT2D eigenvalue weighted by Gasteiger charge is 2.47. The van der Waals surface area contributed by atoms with Crippen LogP contribution in [0.25, 0.3) is 5.76 Å². The summed E-state index contributed by atoms with van der Waals surface area (Å²) in [6.45, 7) is 3.75. The number of hydrogen-bond acceptors (Lipinski definition) is 6. The summed E-state index contributed by atoms with van der Waals surface area (Å²) in [5.74, 6) is -1.31. The molecule has 1 heterocycles. The summed E-state index contributed by atoms with van der Waals surface area (Å²) in [7, 11) is 4.30. The van der Waals surface area contributed by atoms with Gasteiger partial charge in [-0.3, -0.25) is 14.5 Å². The SMILES string of the molecule is COc1ccc(C2/C(=C(\O)c3cc(Cl)c(OC)c(Cl)c3OC)C(=O)C(=O)N2c2cc(C)ccc2C)cc1. The van der Waals surface area contributed by atoms with E-state index >= 15 is 0 Å². The van der Waals surface area contributed by atoms with E-state index in [1.54, 1.807) is 31.4 Å². The third-order valence-corrected chi connectivity index (χ3v) is 6.92. The molecular formula is C28H25Cl2NO6. The zero-order valence-corrected chi connectivity index (χ0v) is 22.4. The van der Waals surface area contributed by atoms with Gasteiger partial charge in [0.1, 0.15) is 16.5 Å². The average molecular weight is 542 g/mol. The predicted molar refractivity (Wildman–Crippen MR) is 143 cm³/mol. The summed E-state index contributed by atoms with van der Waals surface area (Å²) in [6.07, 6.45) is 0. The molecule has 0 bridgehead atoms. The number of aryl methyl sites for hydroxylation is 2. The van der Waals surface area contributed by atoms with E-state index in [9.17, 15) is 14.7 Å². The lowest BCUT2D eigenvalue weighted by Crippen LogP contribution is -2.30. The van der Waals surface area contributed by atoms with Gasteiger partial charge in [-0.1, -0.05) is 47.5 Å². The average Bonchev–Trinajstić information content (AvgIpc) is 3.15. The minimum Gasteiger partial charge on any atom is -0.507 e. The van der Waals surface area contributed by atoms with E-state index in [-0.39, 0.29) is 32.7 Å². The van der Waals surface area contributed by atoms with Crippen LogP contribution in [0, 0.1) is 13.8 Å². The second-order valence-corrected chi connectivity index (χ2v) is 9.30. The number of nitrogens with zero attached hydrogens (tertiary/aromatic N) is 1. The maximum Gasteiger partial charge on any atom is 0.300 e. The molecule has 1 atom stereocenters. The van der Waals surface area contributed by atoms with Gasteiger partial charge in [-0.05, 0) is 54.8 Å². The molecule has 4 rings (SSSR count). The zero-order chi connectivity index (χ0) is 27.0. The zero-order valence-electron chi connectivity index (χ0n) is 20.9. The lowest BCUT2D eigenvalue weighted by Gasteiger charge is -2.27. The Morgan fingerprint density at radius 3 is 2.14 bits per heavy atom. The largest absolute Gasteiger partial charge is 0.507 e. The standard InChI is InChI=1S/C28H25Cl2NO6/c1-14-6-7-15(2)20(12-14)31-23(16-8-10-17(35-3)11-9-16)21(25(33)28(31)34)24(32)18-13-19(29)27(37-5)22(30)26(18)36-4/h6-13,23,32H,1-5H3/b24-21+. The van der Waals surface area contributed by atoms with Crippen molar-refractivity contribution >= 4 is 46.3 Å². The quantitative estimate of drug-likeness (QED) is 0.225. The molecule has 3 aromatic rings. The van der Waals surface area contributed by atoms with Crippen LogP contribution in [0.4, 0.5) is 5.69 Å². The molecule has 9 heteroatoms. The first-order chi connectivity index (χ1) is 17.6. The Kier molecular flexibility index (Phi) is 7.39. The number of aliphatic hydroxyl groups excluding tert-OH is 1. The Morgan fingerprint density at radius 1 is 0.892 bits per heavy atom. The Hall–Kier alpha value is -3.68. The van der Waals surface area contributed by atoms with Crippen molar-refractivity contribution in [3.63, 3.8) is 0 Å². The monoisotopic (exact) mass is 541 g/mol. The molecule has 1 N–H and O–H groups in total. The van der Waals surface area contributed by atoms with Gasteiger partial charge < -0.3 is 19.3 Å². The second-order valence-electron chi connectivity index (χ2n) is 8.52. The number of ketones is 1. The first-order valence-electron chi connectivity index (χ1n) is 11.3. The molecule has 192 valence electrons. The van der Waals surface area contributed by atoms with Gasteiger partial charge in [0.05, 0.1) is 43.5 Å². The number of methoxy groups -OCH3 is 3. The van der Waals surface area contributed by atoms with Crippen LogP contribution in [0.15, 0.2) is 54.1 Å². The fourth-order valence-electron chi connectivity index (χ4n) is 4.45. The van der Waals surface area contributed by atoms with Gasteiger partial charge in [0.2, 0.25) is 0 Å². The van der Waals surface area contributed by atoms with E-state index < -0.39 is 23.5 Å². The van der Waals surface area contributed by atoms with Gasteiger partial charge in [-0.15, -0.1) is 0 Å². The minimum atomic E-state index is -0.948. The second kappa shape index (κ2) is 10.4. The molecule has 3 aromatic carbocycles. The predicted octanol–water partition coefficient (Wildman–Crippen LogP) is 6.26. The van der Waals surface area contributed by atoms with Crippen LogP contribution in [-0.4, -0.2) is 38.1 Å². The van der Waals surface area contributed by atoms with Gasteiger partial charge in [0.25, 0.3) is 11.7 Å². The molecule has 0 spiro atoms. The molecule has 0 radical (unpaired) electrons. The number of Topliss-reactive ketones (excluding diaryl/α,β-unsaturated/α-hetero) is 1. The van der Waals surface area contributed by atoms with E-state index in [1.807, 2.05) is 32.0 Å². The molecule has 1 aliphatic rings. The Bertz CT molecular complexity index is 1430. The first-order valence-corrected chi connectivity index (χ1v) is 12.0. The number of carbonyl (C=O) groups is 2. The van der Waals surface area contributed by atoms with Crippen molar-refractivity contribution in [3.8, 4) is 17.2 Å². The van der Waals surface area contributed by atoms with Crippen LogP contribution in [0.5, 0.6) is 17.2 Å². The number of rotatable bonds is 6. The maximum atomic E-state index is 13.5. The van der Waals surface area contributed by atoms with Gasteiger partial charge in [0, 0.05) is 5.69 Å². The van der Waals surface area contributed by atoms with Crippen molar-refractivity contribution in [1.29, 1.82) is 0 Å². The number of carbonyl (C=O) groups excluding carboxylic acids is 2. The van der Waals surface area contributed by atoms with Crippen molar-refractivity contribution in [1.82, 2.24) is 0 Å². The Morgan fingerprint density at radius 2 is 1.54 bits per heavy atom. The number of hydrogen-bond donors (Lipinski definition) is 1. The van der Waals surface area contributed by atoms with Crippen molar-refractivity contribution in [2.45, 2.75) is 19.9 Å². The van der Waals surface area contributed by atoms with E-state index in [1.165, 1.54) is 25.2 Å². The molecular weight excluding hydrogens is 517 g/mol. The van der Waals surface area contributed by atoms with Crippen molar-refractivity contribution in [3.05, 3.63) is 86.4 Å². The smallest absolute Gasteiger partial charge is 0.300 e. The highest BCUT2D eigenvalue weighted by molar-refractivity contribution is 6.52. The third kappa shape index (κ3) is 4.49. The summed E-state index contributed by atoms with van der Waals surface area (Å²) in [5.41, 5.74) is 2.76. The number of halogens is 2. The highest BCUT2D eigenvalue weighted by Crippen LogP contribution is 2.48. The number of aliphatic hydroxyl groups is 1. The first kappa shape index (κ1) is 26.4. The molecule has 1 fully saturated rings. The Balaban J connectivity index is 2.04. The normalized spacial score (nSPS) is 16.7. The van der Waals surface area contributed by atoms with Crippen molar-refractivity contribution in [2.75, 3.05) is 26.2 Å². The number of amides is 1. The summed E-state index contributed by atoms with van der Waals surface area (Å²) in [4.78, 5) is 28.4. The van der Waals surface area contributed by atoms with Crippen LogP contribution >= 0.6 is 23.2 Å². The van der Waals surface area contributed by atoms with Gasteiger partial charge in [-0.2, -0.15) is 0 Å². The van der Waals surface area contributed by atoms with Crippen molar-refractivity contribution < 1.29 is 28.9 Å². The lowest BCUT2D eigenvalue weighted by atomic mass is 9.94. The van der Waals surface area contributed by atoms with Gasteiger partial charge in [-0.25, -0.2) is 0 Å². The number of anilines is 1. The number of ether oxygens (including phenoxy) is 3. The molecule has 0 aliphatic carbocycles.